The Morgan fingerprint density at radius 3 is 3.00 bits per heavy atom. The lowest BCUT2D eigenvalue weighted by atomic mass is 10.3. The number of nitrogens with zero attached hydrogens (tertiary/aromatic N) is 3. The van der Waals surface area contributed by atoms with Crippen LogP contribution in [0, 0.1) is 0 Å². The molecule has 1 aliphatic heterocycles. The average molecular weight is 404 g/mol. The molecule has 26 heavy (non-hydrogen) atoms. The molecule has 2 heterocycles. The molecular formula is C16H26ClN5O3S. The number of guanidine groups is 1. The minimum atomic E-state index is -2.98. The first-order valence-electron chi connectivity index (χ1n) is 8.47. The van der Waals surface area contributed by atoms with Gasteiger partial charge in [0, 0.05) is 45.2 Å². The van der Waals surface area contributed by atoms with Crippen LogP contribution in [0.4, 0.5) is 5.82 Å². The first kappa shape index (κ1) is 20.7. The van der Waals surface area contributed by atoms with Gasteiger partial charge in [-0.2, -0.15) is 0 Å². The van der Waals surface area contributed by atoms with E-state index in [9.17, 15) is 8.42 Å². The SMILES string of the molecule is CN=C(NCCOCCS(C)(=O)=O)NC1CCN(c2ncccc2Cl)C1. The first-order valence-corrected chi connectivity index (χ1v) is 10.9. The van der Waals surface area contributed by atoms with Crippen LogP contribution in [0.15, 0.2) is 23.3 Å². The van der Waals surface area contributed by atoms with Crippen molar-refractivity contribution in [3.63, 3.8) is 0 Å². The highest BCUT2D eigenvalue weighted by molar-refractivity contribution is 7.90. The fourth-order valence-corrected chi connectivity index (χ4v) is 3.28. The van der Waals surface area contributed by atoms with Crippen molar-refractivity contribution in [2.75, 3.05) is 56.8 Å². The van der Waals surface area contributed by atoms with E-state index in [0.29, 0.717) is 24.1 Å². The van der Waals surface area contributed by atoms with Gasteiger partial charge >= 0.3 is 0 Å². The molecule has 1 atom stereocenters. The highest BCUT2D eigenvalue weighted by Crippen LogP contribution is 2.25. The number of hydrogen-bond acceptors (Lipinski definition) is 6. The van der Waals surface area contributed by atoms with E-state index in [0.717, 1.165) is 25.3 Å². The van der Waals surface area contributed by atoms with Gasteiger partial charge in [0.25, 0.3) is 0 Å². The molecule has 2 N–H and O–H groups in total. The number of sulfone groups is 1. The summed E-state index contributed by atoms with van der Waals surface area (Å²) in [6.45, 7) is 2.83. The summed E-state index contributed by atoms with van der Waals surface area (Å²) < 4.78 is 27.3. The maximum atomic E-state index is 11.0. The van der Waals surface area contributed by atoms with Crippen LogP contribution < -0.4 is 15.5 Å². The Bertz CT molecular complexity index is 714. The number of rotatable bonds is 8. The van der Waals surface area contributed by atoms with Gasteiger partial charge in [0.15, 0.2) is 5.96 Å². The van der Waals surface area contributed by atoms with E-state index in [1.165, 1.54) is 6.26 Å². The quantitative estimate of drug-likeness (QED) is 0.371. The second-order valence-corrected chi connectivity index (χ2v) is 8.79. The second kappa shape index (κ2) is 9.94. The van der Waals surface area contributed by atoms with E-state index in [4.69, 9.17) is 16.3 Å². The van der Waals surface area contributed by atoms with Gasteiger partial charge in [0.2, 0.25) is 0 Å². The van der Waals surface area contributed by atoms with Crippen molar-refractivity contribution < 1.29 is 13.2 Å². The van der Waals surface area contributed by atoms with Gasteiger partial charge in [-0.3, -0.25) is 4.99 Å². The minimum absolute atomic E-state index is 0.0357. The molecule has 1 saturated heterocycles. The number of ether oxygens (including phenoxy) is 1. The van der Waals surface area contributed by atoms with E-state index in [-0.39, 0.29) is 18.4 Å². The standard InChI is InChI=1S/C16H26ClN5O3S/c1-18-16(20-7-9-25-10-11-26(2,23)24)21-13-5-8-22(12-13)15-14(17)4-3-6-19-15/h3-4,6,13H,5,7-12H2,1-2H3,(H2,18,20,21). The largest absolute Gasteiger partial charge is 0.379 e. The molecule has 0 amide bonds. The molecule has 1 aromatic rings. The van der Waals surface area contributed by atoms with Crippen LogP contribution in [0.3, 0.4) is 0 Å². The molecule has 10 heteroatoms. The number of aromatic nitrogens is 1. The van der Waals surface area contributed by atoms with Gasteiger partial charge in [-0.1, -0.05) is 11.6 Å². The lowest BCUT2D eigenvalue weighted by molar-refractivity contribution is 0.154. The van der Waals surface area contributed by atoms with E-state index in [1.54, 1.807) is 13.2 Å². The molecule has 0 spiro atoms. The summed E-state index contributed by atoms with van der Waals surface area (Å²) in [5.74, 6) is 1.53. The van der Waals surface area contributed by atoms with Crippen molar-refractivity contribution in [3.05, 3.63) is 23.4 Å². The van der Waals surface area contributed by atoms with Gasteiger partial charge in [0.1, 0.15) is 15.7 Å². The number of hydrogen-bond donors (Lipinski definition) is 2. The molecule has 0 radical (unpaired) electrons. The maximum absolute atomic E-state index is 11.0. The Kier molecular flexibility index (Phi) is 7.92. The smallest absolute Gasteiger partial charge is 0.191 e. The van der Waals surface area contributed by atoms with Gasteiger partial charge in [-0.05, 0) is 18.6 Å². The summed E-state index contributed by atoms with van der Waals surface area (Å²) in [6.07, 6.45) is 3.90. The van der Waals surface area contributed by atoms with Crippen LogP contribution in [0.1, 0.15) is 6.42 Å². The minimum Gasteiger partial charge on any atom is -0.379 e. The molecule has 1 aliphatic rings. The van der Waals surface area contributed by atoms with E-state index in [2.05, 4.69) is 25.5 Å². The van der Waals surface area contributed by atoms with Crippen molar-refractivity contribution >= 4 is 33.2 Å². The summed E-state index contributed by atoms with van der Waals surface area (Å²) in [5, 5.41) is 7.19. The molecule has 1 fully saturated rings. The third kappa shape index (κ3) is 6.97. The van der Waals surface area contributed by atoms with Gasteiger partial charge in [0.05, 0.1) is 24.0 Å². The zero-order valence-electron chi connectivity index (χ0n) is 15.1. The molecule has 0 saturated carbocycles. The van der Waals surface area contributed by atoms with Crippen LogP contribution in [-0.2, 0) is 14.6 Å². The molecule has 2 rings (SSSR count). The Morgan fingerprint density at radius 1 is 1.50 bits per heavy atom. The van der Waals surface area contributed by atoms with Crippen molar-refractivity contribution in [1.82, 2.24) is 15.6 Å². The Morgan fingerprint density at radius 2 is 2.31 bits per heavy atom. The predicted octanol–water partition coefficient (Wildman–Crippen LogP) is 0.540. The zero-order chi connectivity index (χ0) is 19.0. The summed E-state index contributed by atoms with van der Waals surface area (Å²) in [4.78, 5) is 10.7. The number of nitrogens with one attached hydrogen (secondary N) is 2. The molecule has 0 aliphatic carbocycles. The van der Waals surface area contributed by atoms with Crippen molar-refractivity contribution in [2.24, 2.45) is 4.99 Å². The van der Waals surface area contributed by atoms with Crippen molar-refractivity contribution in [1.29, 1.82) is 0 Å². The monoisotopic (exact) mass is 403 g/mol. The highest BCUT2D eigenvalue weighted by Gasteiger charge is 2.25. The number of halogens is 1. The van der Waals surface area contributed by atoms with Gasteiger partial charge in [-0.15, -0.1) is 0 Å². The van der Waals surface area contributed by atoms with Crippen LogP contribution in [0.5, 0.6) is 0 Å². The molecule has 0 aromatic carbocycles. The average Bonchev–Trinajstić information content (AvgIpc) is 3.04. The highest BCUT2D eigenvalue weighted by atomic mass is 35.5. The topological polar surface area (TPSA) is 95.9 Å². The molecular weight excluding hydrogens is 378 g/mol. The van der Waals surface area contributed by atoms with Gasteiger partial charge < -0.3 is 20.3 Å². The summed E-state index contributed by atoms with van der Waals surface area (Å²) in [5.41, 5.74) is 0. The number of aliphatic imine (C=N–C) groups is 1. The second-order valence-electron chi connectivity index (χ2n) is 6.13. The Labute approximate surface area is 159 Å². The number of pyridine rings is 1. The van der Waals surface area contributed by atoms with Crippen LogP contribution in [0.2, 0.25) is 5.02 Å². The van der Waals surface area contributed by atoms with Crippen molar-refractivity contribution in [2.45, 2.75) is 12.5 Å². The fourth-order valence-electron chi connectivity index (χ4n) is 2.62. The predicted molar refractivity (Wildman–Crippen MR) is 105 cm³/mol. The normalized spacial score (nSPS) is 18.2. The van der Waals surface area contributed by atoms with Gasteiger partial charge in [-0.25, -0.2) is 13.4 Å². The van der Waals surface area contributed by atoms with Crippen LogP contribution in [0.25, 0.3) is 0 Å². The van der Waals surface area contributed by atoms with Crippen LogP contribution in [-0.4, -0.2) is 77.3 Å². The summed E-state index contributed by atoms with van der Waals surface area (Å²) in [6, 6.07) is 3.90. The third-order valence-electron chi connectivity index (χ3n) is 3.93. The van der Waals surface area contributed by atoms with Crippen LogP contribution >= 0.6 is 11.6 Å². The summed E-state index contributed by atoms with van der Waals surface area (Å²) >= 11 is 6.21. The Balaban J connectivity index is 1.69. The lowest BCUT2D eigenvalue weighted by Gasteiger charge is -2.20. The molecule has 1 unspecified atom stereocenters. The molecule has 146 valence electrons. The van der Waals surface area contributed by atoms with Crippen molar-refractivity contribution in [3.8, 4) is 0 Å². The lowest BCUT2D eigenvalue weighted by Crippen LogP contribution is -2.45. The Hall–Kier alpha value is -1.58. The fraction of sp³-hybridized carbons (Fsp3) is 0.625. The van der Waals surface area contributed by atoms with E-state index < -0.39 is 9.84 Å². The molecule has 0 bridgehead atoms. The molecule has 1 aromatic heterocycles. The maximum Gasteiger partial charge on any atom is 0.191 e. The molecule has 8 nitrogen and oxygen atoms in total. The number of anilines is 1. The third-order valence-corrected chi connectivity index (χ3v) is 5.13. The van der Waals surface area contributed by atoms with E-state index >= 15 is 0 Å². The van der Waals surface area contributed by atoms with E-state index in [1.807, 2.05) is 12.1 Å². The summed E-state index contributed by atoms with van der Waals surface area (Å²) in [7, 11) is -1.27. The first-order chi connectivity index (χ1) is 12.4. The zero-order valence-corrected chi connectivity index (χ0v) is 16.7.